The topological polar surface area (TPSA) is 78.9 Å². The lowest BCUT2D eigenvalue weighted by Gasteiger charge is -2.18. The van der Waals surface area contributed by atoms with Gasteiger partial charge in [-0.05, 0) is 83.5 Å². The Hall–Kier alpha value is -3.93. The van der Waals surface area contributed by atoms with Gasteiger partial charge in [0.15, 0.2) is 6.10 Å². The first-order chi connectivity index (χ1) is 29.0. The van der Waals surface area contributed by atoms with Crippen molar-refractivity contribution in [3.8, 4) is 0 Å². The van der Waals surface area contributed by atoms with Crippen molar-refractivity contribution in [1.82, 2.24) is 0 Å². The van der Waals surface area contributed by atoms with Gasteiger partial charge in [-0.2, -0.15) is 0 Å². The molecule has 0 aromatic heterocycles. The highest BCUT2D eigenvalue weighted by Gasteiger charge is 2.19. The van der Waals surface area contributed by atoms with Crippen LogP contribution in [0.2, 0.25) is 0 Å². The summed E-state index contributed by atoms with van der Waals surface area (Å²) in [6.45, 7) is 6.33. The molecule has 332 valence electrons. The lowest BCUT2D eigenvalue weighted by Crippen LogP contribution is -2.30. The molecule has 0 rings (SSSR count). The molecule has 0 spiro atoms. The van der Waals surface area contributed by atoms with Crippen LogP contribution in [0.3, 0.4) is 0 Å². The largest absolute Gasteiger partial charge is 0.462 e. The average molecular weight is 817 g/mol. The summed E-state index contributed by atoms with van der Waals surface area (Å²) in [7, 11) is 0. The maximum atomic E-state index is 12.7. The fourth-order valence-electron chi connectivity index (χ4n) is 5.87. The van der Waals surface area contributed by atoms with E-state index in [1.165, 1.54) is 44.9 Å². The number of allylic oxidation sites excluding steroid dienone is 18. The molecule has 0 aliphatic rings. The molecule has 0 saturated carbocycles. The van der Waals surface area contributed by atoms with Gasteiger partial charge < -0.3 is 14.2 Å². The third-order valence-corrected chi connectivity index (χ3v) is 9.43. The Morgan fingerprint density at radius 3 is 1.15 bits per heavy atom. The minimum atomic E-state index is -0.805. The Balaban J connectivity index is 4.51. The fraction of sp³-hybridized carbons (Fsp3) is 0.604. The van der Waals surface area contributed by atoms with Crippen molar-refractivity contribution < 1.29 is 28.6 Å². The highest BCUT2D eigenvalue weighted by Crippen LogP contribution is 2.12. The number of esters is 3. The number of carbonyl (C=O) groups is 3. The number of ether oxygens (including phenoxy) is 3. The second-order valence-electron chi connectivity index (χ2n) is 15.1. The van der Waals surface area contributed by atoms with Crippen LogP contribution >= 0.6 is 0 Å². The zero-order valence-corrected chi connectivity index (χ0v) is 37.7. The molecule has 0 bridgehead atoms. The number of hydrogen-bond donors (Lipinski definition) is 0. The first kappa shape index (κ1) is 55.1. The van der Waals surface area contributed by atoms with Gasteiger partial charge in [0.05, 0.1) is 0 Å². The average Bonchev–Trinajstić information content (AvgIpc) is 3.23. The second kappa shape index (κ2) is 46.8. The quantitative estimate of drug-likeness (QED) is 0.0201. The van der Waals surface area contributed by atoms with Crippen molar-refractivity contribution in [3.05, 3.63) is 109 Å². The lowest BCUT2D eigenvalue weighted by atomic mass is 10.1. The highest BCUT2D eigenvalue weighted by molar-refractivity contribution is 5.71. The fourth-order valence-corrected chi connectivity index (χ4v) is 5.87. The van der Waals surface area contributed by atoms with E-state index in [-0.39, 0.29) is 31.1 Å². The molecule has 0 aromatic carbocycles. The molecule has 0 aliphatic carbocycles. The Kier molecular flexibility index (Phi) is 43.6. The molecule has 0 fully saturated rings. The summed E-state index contributed by atoms with van der Waals surface area (Å²) in [5.41, 5.74) is 0. The Morgan fingerprint density at radius 1 is 0.356 bits per heavy atom. The van der Waals surface area contributed by atoms with Crippen LogP contribution in [0.25, 0.3) is 0 Å². The van der Waals surface area contributed by atoms with E-state index < -0.39 is 6.10 Å². The standard InChI is InChI=1S/C53H84O6/c1-4-7-10-13-16-19-22-24-25-26-27-28-29-30-32-34-37-40-43-46-52(55)58-49-50(48-57-51(54)45-42-39-36-33-21-18-15-12-9-6-3)59-53(56)47-44-41-38-35-31-23-20-17-14-11-8-5-2/h7,10,13,15-20,22,24-30,32,50H,4-6,8-9,11-12,14,21,23,31,33-49H2,1-3H3/b10-7-,16-13-,18-15-,20-17-,22-19-,25-24-,27-26+,29-28-,32-30-. The second-order valence-corrected chi connectivity index (χ2v) is 15.1. The minimum Gasteiger partial charge on any atom is -0.462 e. The molecule has 1 atom stereocenters. The third-order valence-electron chi connectivity index (χ3n) is 9.43. The number of carbonyl (C=O) groups excluding carboxylic acids is 3. The van der Waals surface area contributed by atoms with Gasteiger partial charge in [0.1, 0.15) is 13.2 Å². The van der Waals surface area contributed by atoms with Crippen molar-refractivity contribution >= 4 is 17.9 Å². The molecule has 0 N–H and O–H groups in total. The zero-order chi connectivity index (χ0) is 43.0. The van der Waals surface area contributed by atoms with Crippen molar-refractivity contribution in [2.45, 2.75) is 194 Å². The minimum absolute atomic E-state index is 0.105. The van der Waals surface area contributed by atoms with Crippen molar-refractivity contribution in [2.75, 3.05) is 13.2 Å². The summed E-state index contributed by atoms with van der Waals surface area (Å²) in [6.07, 6.45) is 62.1. The van der Waals surface area contributed by atoms with E-state index in [4.69, 9.17) is 14.2 Å². The third kappa shape index (κ3) is 45.0. The number of hydrogen-bond acceptors (Lipinski definition) is 6. The predicted octanol–water partition coefficient (Wildman–Crippen LogP) is 15.2. The van der Waals surface area contributed by atoms with Crippen LogP contribution in [0, 0.1) is 0 Å². The zero-order valence-electron chi connectivity index (χ0n) is 37.7. The van der Waals surface area contributed by atoms with Crippen LogP contribution in [-0.2, 0) is 28.6 Å². The van der Waals surface area contributed by atoms with Gasteiger partial charge in [-0.3, -0.25) is 14.4 Å². The molecule has 0 radical (unpaired) electrons. The van der Waals surface area contributed by atoms with E-state index in [1.54, 1.807) is 0 Å². The van der Waals surface area contributed by atoms with Gasteiger partial charge in [-0.15, -0.1) is 0 Å². The van der Waals surface area contributed by atoms with Crippen molar-refractivity contribution in [2.24, 2.45) is 0 Å². The van der Waals surface area contributed by atoms with E-state index >= 15 is 0 Å². The molecular formula is C53H84O6. The maximum Gasteiger partial charge on any atom is 0.306 e. The van der Waals surface area contributed by atoms with E-state index in [2.05, 4.69) is 57.2 Å². The van der Waals surface area contributed by atoms with Crippen molar-refractivity contribution in [3.63, 3.8) is 0 Å². The Labute approximate surface area is 361 Å². The Bertz CT molecular complexity index is 1260. The van der Waals surface area contributed by atoms with E-state index in [9.17, 15) is 14.4 Å². The van der Waals surface area contributed by atoms with Crippen LogP contribution in [0.1, 0.15) is 188 Å². The van der Waals surface area contributed by atoms with Gasteiger partial charge >= 0.3 is 17.9 Å². The summed E-state index contributed by atoms with van der Waals surface area (Å²) < 4.78 is 16.7. The summed E-state index contributed by atoms with van der Waals surface area (Å²) in [5.74, 6) is -0.985. The molecule has 0 heterocycles. The van der Waals surface area contributed by atoms with E-state index in [1.807, 2.05) is 72.9 Å². The highest BCUT2D eigenvalue weighted by atomic mass is 16.6. The summed E-state index contributed by atoms with van der Waals surface area (Å²) >= 11 is 0. The summed E-state index contributed by atoms with van der Waals surface area (Å²) in [5, 5.41) is 0. The number of unbranched alkanes of at least 4 members (excludes halogenated alkanes) is 17. The maximum absolute atomic E-state index is 12.7. The molecule has 0 saturated heterocycles. The monoisotopic (exact) mass is 817 g/mol. The normalized spacial score (nSPS) is 13.1. The van der Waals surface area contributed by atoms with E-state index in [0.29, 0.717) is 19.3 Å². The number of rotatable bonds is 40. The summed E-state index contributed by atoms with van der Waals surface area (Å²) in [4.78, 5) is 37.8. The van der Waals surface area contributed by atoms with Gasteiger partial charge in [-0.25, -0.2) is 0 Å². The lowest BCUT2D eigenvalue weighted by molar-refractivity contribution is -0.167. The SMILES string of the molecule is CC\C=C/C=C\C=C/C=C\C=C\C=C/C=C\CCCCCC(=O)OCC(COC(=O)CCCCCC/C=C\CCCC)OC(=O)CCCCCCC/C=C\CCCCC. The summed E-state index contributed by atoms with van der Waals surface area (Å²) in [6, 6.07) is 0. The van der Waals surface area contributed by atoms with E-state index in [0.717, 1.165) is 103 Å². The molecule has 0 aliphatic heterocycles. The molecule has 59 heavy (non-hydrogen) atoms. The molecular weight excluding hydrogens is 733 g/mol. The molecule has 6 nitrogen and oxygen atoms in total. The first-order valence-corrected chi connectivity index (χ1v) is 23.5. The van der Waals surface area contributed by atoms with Crippen LogP contribution < -0.4 is 0 Å². The van der Waals surface area contributed by atoms with Crippen LogP contribution in [-0.4, -0.2) is 37.2 Å². The molecule has 6 heteroatoms. The van der Waals surface area contributed by atoms with Crippen LogP contribution in [0.5, 0.6) is 0 Å². The van der Waals surface area contributed by atoms with Gasteiger partial charge in [-0.1, -0.05) is 194 Å². The smallest absolute Gasteiger partial charge is 0.306 e. The van der Waals surface area contributed by atoms with Gasteiger partial charge in [0.2, 0.25) is 0 Å². The molecule has 0 amide bonds. The first-order valence-electron chi connectivity index (χ1n) is 23.5. The predicted molar refractivity (Wildman–Crippen MR) is 251 cm³/mol. The molecule has 1 unspecified atom stereocenters. The van der Waals surface area contributed by atoms with Crippen LogP contribution in [0.15, 0.2) is 109 Å². The van der Waals surface area contributed by atoms with Gasteiger partial charge in [0, 0.05) is 19.3 Å². The Morgan fingerprint density at radius 2 is 0.695 bits per heavy atom. The van der Waals surface area contributed by atoms with Gasteiger partial charge in [0.25, 0.3) is 0 Å². The van der Waals surface area contributed by atoms with Crippen molar-refractivity contribution in [1.29, 1.82) is 0 Å². The molecule has 0 aromatic rings. The van der Waals surface area contributed by atoms with Crippen LogP contribution in [0.4, 0.5) is 0 Å².